The number of nitrogens with one attached hydrogen (secondary N) is 1. The highest BCUT2D eigenvalue weighted by Crippen LogP contribution is 2.23. The van der Waals surface area contributed by atoms with Crippen LogP contribution in [0, 0.1) is 10.1 Å². The molecule has 2 aromatic rings. The van der Waals surface area contributed by atoms with Crippen LogP contribution in [0.15, 0.2) is 41.7 Å². The van der Waals surface area contributed by atoms with E-state index < -0.39 is 4.92 Å². The van der Waals surface area contributed by atoms with Crippen LogP contribution in [0.3, 0.4) is 0 Å². The molecule has 3 rings (SSSR count). The summed E-state index contributed by atoms with van der Waals surface area (Å²) >= 11 is 1.31. The van der Waals surface area contributed by atoms with Crippen LogP contribution in [0.5, 0.6) is 0 Å². The highest BCUT2D eigenvalue weighted by molar-refractivity contribution is 7.99. The van der Waals surface area contributed by atoms with Gasteiger partial charge in [-0.25, -0.2) is 9.97 Å². The van der Waals surface area contributed by atoms with Crippen LogP contribution in [-0.4, -0.2) is 39.6 Å². The minimum Gasteiger partial charge on any atom is -0.356 e. The molecule has 8 nitrogen and oxygen atoms in total. The van der Waals surface area contributed by atoms with E-state index >= 15 is 0 Å². The summed E-state index contributed by atoms with van der Waals surface area (Å²) in [5, 5.41) is 14.1. The molecule has 1 aromatic heterocycles. The van der Waals surface area contributed by atoms with Gasteiger partial charge in [-0.1, -0.05) is 17.8 Å². The highest BCUT2D eigenvalue weighted by atomic mass is 32.2. The zero-order chi connectivity index (χ0) is 17.6. The summed E-state index contributed by atoms with van der Waals surface area (Å²) in [6, 6.07) is 7.75. The lowest BCUT2D eigenvalue weighted by molar-refractivity contribution is -0.384. The summed E-state index contributed by atoms with van der Waals surface area (Å²) in [5.74, 6) is 0.806. The molecule has 2 heterocycles. The van der Waals surface area contributed by atoms with E-state index in [0.717, 1.165) is 36.8 Å². The number of hydrogen-bond donors (Lipinski definition) is 1. The molecular formula is C16H17N5O3S. The van der Waals surface area contributed by atoms with Gasteiger partial charge in [0.15, 0.2) is 0 Å². The van der Waals surface area contributed by atoms with Crippen LogP contribution in [0.1, 0.15) is 12.8 Å². The maximum atomic E-state index is 12.1. The fourth-order valence-electron chi connectivity index (χ4n) is 2.56. The van der Waals surface area contributed by atoms with Crippen molar-refractivity contribution in [1.82, 2.24) is 9.97 Å². The second-order valence-corrected chi connectivity index (χ2v) is 6.55. The van der Waals surface area contributed by atoms with Crippen LogP contribution in [0.4, 0.5) is 17.2 Å². The Hall–Kier alpha value is -2.68. The molecule has 1 aromatic carbocycles. The van der Waals surface area contributed by atoms with Gasteiger partial charge < -0.3 is 10.2 Å². The fraction of sp³-hybridized carbons (Fsp3) is 0.312. The van der Waals surface area contributed by atoms with Gasteiger partial charge in [0.25, 0.3) is 5.69 Å². The quantitative estimate of drug-likeness (QED) is 0.366. The Morgan fingerprint density at radius 3 is 2.84 bits per heavy atom. The Balaban J connectivity index is 1.56. The van der Waals surface area contributed by atoms with Gasteiger partial charge in [-0.3, -0.25) is 14.9 Å². The second-order valence-electron chi connectivity index (χ2n) is 5.55. The number of amides is 1. The van der Waals surface area contributed by atoms with Crippen molar-refractivity contribution in [2.75, 3.05) is 29.1 Å². The van der Waals surface area contributed by atoms with Gasteiger partial charge in [-0.15, -0.1) is 0 Å². The lowest BCUT2D eigenvalue weighted by Gasteiger charge is -2.16. The van der Waals surface area contributed by atoms with Crippen LogP contribution < -0.4 is 10.2 Å². The summed E-state index contributed by atoms with van der Waals surface area (Å²) in [6.07, 6.45) is 3.84. The average Bonchev–Trinajstić information content (AvgIpc) is 3.15. The third-order valence-corrected chi connectivity index (χ3v) is 4.68. The molecule has 1 saturated heterocycles. The van der Waals surface area contributed by atoms with Crippen molar-refractivity contribution in [2.24, 2.45) is 0 Å². The first kappa shape index (κ1) is 17.2. The number of nitro groups is 1. The molecule has 9 heteroatoms. The van der Waals surface area contributed by atoms with Crippen molar-refractivity contribution in [3.05, 3.63) is 46.8 Å². The van der Waals surface area contributed by atoms with E-state index in [1.165, 1.54) is 36.3 Å². The van der Waals surface area contributed by atoms with Crippen molar-refractivity contribution in [3.63, 3.8) is 0 Å². The molecule has 1 amide bonds. The Bertz CT molecular complexity index is 780. The van der Waals surface area contributed by atoms with Gasteiger partial charge >= 0.3 is 0 Å². The molecule has 0 aliphatic carbocycles. The van der Waals surface area contributed by atoms with Crippen LogP contribution >= 0.6 is 11.8 Å². The fourth-order valence-corrected chi connectivity index (χ4v) is 3.22. The van der Waals surface area contributed by atoms with Gasteiger partial charge in [-0.2, -0.15) is 0 Å². The largest absolute Gasteiger partial charge is 0.356 e. The molecule has 25 heavy (non-hydrogen) atoms. The molecule has 1 N–H and O–H groups in total. The molecule has 1 fully saturated rings. The molecule has 1 aliphatic rings. The number of carbonyl (C=O) groups excluding carboxylic acids is 1. The molecule has 130 valence electrons. The number of rotatable bonds is 6. The zero-order valence-electron chi connectivity index (χ0n) is 13.4. The second kappa shape index (κ2) is 7.93. The number of anilines is 2. The Kier molecular flexibility index (Phi) is 5.44. The number of benzene rings is 1. The Labute approximate surface area is 148 Å². The van der Waals surface area contributed by atoms with E-state index in [-0.39, 0.29) is 17.3 Å². The van der Waals surface area contributed by atoms with Crippen LogP contribution in [-0.2, 0) is 4.79 Å². The maximum Gasteiger partial charge on any atom is 0.271 e. The maximum absolute atomic E-state index is 12.1. The number of aromatic nitrogens is 2. The lowest BCUT2D eigenvalue weighted by atomic mass is 10.3. The van der Waals surface area contributed by atoms with Crippen molar-refractivity contribution in [1.29, 1.82) is 0 Å². The number of hydrogen-bond acceptors (Lipinski definition) is 7. The number of carbonyl (C=O) groups is 1. The Morgan fingerprint density at radius 2 is 2.08 bits per heavy atom. The van der Waals surface area contributed by atoms with E-state index in [9.17, 15) is 14.9 Å². The normalized spacial score (nSPS) is 13.7. The van der Waals surface area contributed by atoms with E-state index in [1.54, 1.807) is 6.07 Å². The minimum atomic E-state index is -0.495. The van der Waals surface area contributed by atoms with Gasteiger partial charge in [0.2, 0.25) is 5.91 Å². The first-order valence-electron chi connectivity index (χ1n) is 7.86. The topological polar surface area (TPSA) is 101 Å². The molecule has 0 unspecified atom stereocenters. The van der Waals surface area contributed by atoms with Gasteiger partial charge in [0.05, 0.1) is 10.7 Å². The van der Waals surface area contributed by atoms with E-state index in [0.29, 0.717) is 5.69 Å². The Morgan fingerprint density at radius 1 is 1.28 bits per heavy atom. The molecule has 0 spiro atoms. The summed E-state index contributed by atoms with van der Waals surface area (Å²) in [7, 11) is 0. The third kappa shape index (κ3) is 4.66. The highest BCUT2D eigenvalue weighted by Gasteiger charge is 2.15. The van der Waals surface area contributed by atoms with Crippen LogP contribution in [0.2, 0.25) is 0 Å². The standard InChI is InChI=1S/C16H17N5O3S/c22-15(19-12-4-3-5-13(8-12)21(23)24)10-25-16-9-14(17-11-18-16)20-6-1-2-7-20/h3-5,8-9,11H,1-2,6-7,10H2,(H,19,22). The van der Waals surface area contributed by atoms with Crippen molar-refractivity contribution >= 4 is 34.9 Å². The first-order chi connectivity index (χ1) is 12.1. The number of non-ortho nitro benzene ring substituents is 1. The van der Waals surface area contributed by atoms with Crippen molar-refractivity contribution in [2.45, 2.75) is 17.9 Å². The molecule has 1 aliphatic heterocycles. The minimum absolute atomic E-state index is 0.0588. The summed E-state index contributed by atoms with van der Waals surface area (Å²) in [6.45, 7) is 1.99. The summed E-state index contributed by atoms with van der Waals surface area (Å²) in [4.78, 5) is 33.0. The molecule has 0 radical (unpaired) electrons. The zero-order valence-corrected chi connectivity index (χ0v) is 14.2. The predicted octanol–water partition coefficient (Wildman–Crippen LogP) is 2.72. The smallest absolute Gasteiger partial charge is 0.271 e. The van der Waals surface area contributed by atoms with Gasteiger partial charge in [-0.05, 0) is 18.9 Å². The average molecular weight is 359 g/mol. The molecule has 0 atom stereocenters. The van der Waals surface area contributed by atoms with Gasteiger partial charge in [0, 0.05) is 37.0 Å². The van der Waals surface area contributed by atoms with Gasteiger partial charge in [0.1, 0.15) is 17.2 Å². The monoisotopic (exact) mass is 359 g/mol. The number of nitro benzene ring substituents is 1. The lowest BCUT2D eigenvalue weighted by Crippen LogP contribution is -2.19. The molecule has 0 saturated carbocycles. The predicted molar refractivity (Wildman–Crippen MR) is 95.9 cm³/mol. The summed E-state index contributed by atoms with van der Waals surface area (Å²) < 4.78 is 0. The summed E-state index contributed by atoms with van der Waals surface area (Å²) in [5.41, 5.74) is 0.344. The van der Waals surface area contributed by atoms with Crippen molar-refractivity contribution < 1.29 is 9.72 Å². The number of thioether (sulfide) groups is 1. The van der Waals surface area contributed by atoms with E-state index in [1.807, 2.05) is 6.07 Å². The first-order valence-corrected chi connectivity index (χ1v) is 8.84. The van der Waals surface area contributed by atoms with E-state index in [2.05, 4.69) is 20.2 Å². The van der Waals surface area contributed by atoms with E-state index in [4.69, 9.17) is 0 Å². The SMILES string of the molecule is O=C(CSc1cc(N2CCCC2)ncn1)Nc1cccc([N+](=O)[O-])c1. The number of nitrogens with zero attached hydrogens (tertiary/aromatic N) is 4. The van der Waals surface area contributed by atoms with Crippen LogP contribution in [0.25, 0.3) is 0 Å². The molecular weight excluding hydrogens is 342 g/mol. The van der Waals surface area contributed by atoms with Crippen molar-refractivity contribution in [3.8, 4) is 0 Å². The molecule has 0 bridgehead atoms. The third-order valence-electron chi connectivity index (χ3n) is 3.75.